The van der Waals surface area contributed by atoms with Crippen LogP contribution in [0.5, 0.6) is 0 Å². The van der Waals surface area contributed by atoms with Crippen molar-refractivity contribution in [3.8, 4) is 10.6 Å². The molecule has 1 N–H and O–H groups in total. The number of benzene rings is 1. The monoisotopic (exact) mass is 374 g/mol. The smallest absolute Gasteiger partial charge is 0.305 e. The highest BCUT2D eigenvalue weighted by atomic mass is 32.1. The summed E-state index contributed by atoms with van der Waals surface area (Å²) in [7, 11) is 0. The minimum absolute atomic E-state index is 0.126. The van der Waals surface area contributed by atoms with Crippen molar-refractivity contribution < 1.29 is 19.4 Å². The molecule has 1 atom stereocenters. The first-order valence-electron chi connectivity index (χ1n) is 8.62. The molecule has 1 aromatic heterocycles. The van der Waals surface area contributed by atoms with E-state index in [1.54, 1.807) is 10.3 Å². The number of nitrogens with zero attached hydrogens (tertiary/aromatic N) is 2. The van der Waals surface area contributed by atoms with Crippen LogP contribution in [0.1, 0.15) is 42.2 Å². The van der Waals surface area contributed by atoms with E-state index in [1.165, 1.54) is 16.9 Å². The fraction of sp³-hybridized carbons (Fsp3) is 0.421. The van der Waals surface area contributed by atoms with Gasteiger partial charge in [0.25, 0.3) is 5.91 Å². The number of carboxylic acid groups (broad SMARTS) is 1. The molecular formula is C19H22N2O4S. The Hall–Kier alpha value is -2.25. The first kappa shape index (κ1) is 18.5. The van der Waals surface area contributed by atoms with Crippen molar-refractivity contribution in [1.29, 1.82) is 0 Å². The van der Waals surface area contributed by atoms with Gasteiger partial charge in [-0.1, -0.05) is 38.1 Å². The number of carbonyl (C=O) groups excluding carboxylic acids is 1. The van der Waals surface area contributed by atoms with Crippen molar-refractivity contribution >= 4 is 23.2 Å². The van der Waals surface area contributed by atoms with E-state index >= 15 is 0 Å². The van der Waals surface area contributed by atoms with Gasteiger partial charge in [-0.25, -0.2) is 4.98 Å². The molecule has 0 bridgehead atoms. The van der Waals surface area contributed by atoms with Crippen molar-refractivity contribution in [2.75, 3.05) is 19.8 Å². The lowest BCUT2D eigenvalue weighted by molar-refractivity contribution is -0.139. The fourth-order valence-electron chi connectivity index (χ4n) is 2.96. The normalized spacial score (nSPS) is 17.5. The van der Waals surface area contributed by atoms with Crippen molar-refractivity contribution in [1.82, 2.24) is 9.88 Å². The number of carboxylic acids is 1. The zero-order valence-corrected chi connectivity index (χ0v) is 15.7. The van der Waals surface area contributed by atoms with Gasteiger partial charge in [0.1, 0.15) is 10.7 Å². The number of ether oxygens (including phenoxy) is 1. The Morgan fingerprint density at radius 2 is 2.08 bits per heavy atom. The van der Waals surface area contributed by atoms with E-state index in [-0.39, 0.29) is 18.9 Å². The van der Waals surface area contributed by atoms with Crippen LogP contribution in [0.2, 0.25) is 0 Å². The molecule has 1 saturated heterocycles. The van der Waals surface area contributed by atoms with E-state index in [0.717, 1.165) is 10.6 Å². The molecule has 1 amide bonds. The van der Waals surface area contributed by atoms with E-state index < -0.39 is 12.0 Å². The molecule has 1 unspecified atom stereocenters. The number of amides is 1. The third kappa shape index (κ3) is 4.11. The quantitative estimate of drug-likeness (QED) is 0.869. The maximum absolute atomic E-state index is 12.8. The van der Waals surface area contributed by atoms with Gasteiger partial charge < -0.3 is 14.7 Å². The van der Waals surface area contributed by atoms with Gasteiger partial charge in [-0.05, 0) is 11.5 Å². The van der Waals surface area contributed by atoms with E-state index in [9.17, 15) is 9.59 Å². The maximum Gasteiger partial charge on any atom is 0.305 e. The van der Waals surface area contributed by atoms with Crippen molar-refractivity contribution in [3.63, 3.8) is 0 Å². The van der Waals surface area contributed by atoms with Crippen molar-refractivity contribution in [2.24, 2.45) is 0 Å². The highest BCUT2D eigenvalue weighted by Crippen LogP contribution is 2.27. The minimum Gasteiger partial charge on any atom is -0.481 e. The Morgan fingerprint density at radius 3 is 2.73 bits per heavy atom. The van der Waals surface area contributed by atoms with Crippen molar-refractivity contribution in [3.05, 3.63) is 40.9 Å². The standard InChI is InChI=1S/C19H22N2O4S/c1-12(2)13-3-5-14(6-4-13)18-20-16(11-26-18)19(24)21-7-8-25-10-15(21)9-17(22)23/h3-6,11-12,15H,7-10H2,1-2H3,(H,22,23). The molecule has 1 aromatic carbocycles. The molecule has 2 heterocycles. The lowest BCUT2D eigenvalue weighted by Gasteiger charge is -2.34. The average Bonchev–Trinajstić information content (AvgIpc) is 3.11. The van der Waals surface area contributed by atoms with Gasteiger partial charge in [-0.3, -0.25) is 9.59 Å². The lowest BCUT2D eigenvalue weighted by Crippen LogP contribution is -2.49. The van der Waals surface area contributed by atoms with E-state index in [0.29, 0.717) is 24.8 Å². The SMILES string of the molecule is CC(C)c1ccc(-c2nc(C(=O)N3CCOCC3CC(=O)O)cs2)cc1. The third-order valence-electron chi connectivity index (χ3n) is 4.45. The lowest BCUT2D eigenvalue weighted by atomic mass is 10.0. The van der Waals surface area contributed by atoms with Crippen LogP contribution in [0.3, 0.4) is 0 Å². The highest BCUT2D eigenvalue weighted by Gasteiger charge is 2.31. The van der Waals surface area contributed by atoms with E-state index in [1.807, 2.05) is 12.1 Å². The summed E-state index contributed by atoms with van der Waals surface area (Å²) in [5.41, 5.74) is 2.59. The highest BCUT2D eigenvalue weighted by molar-refractivity contribution is 7.13. The third-order valence-corrected chi connectivity index (χ3v) is 5.34. The first-order valence-corrected chi connectivity index (χ1v) is 9.50. The number of thiazole rings is 1. The Kier molecular flexibility index (Phi) is 5.68. The molecule has 0 saturated carbocycles. The number of hydrogen-bond acceptors (Lipinski definition) is 5. The molecule has 3 rings (SSSR count). The summed E-state index contributed by atoms with van der Waals surface area (Å²) >= 11 is 1.42. The Bertz CT molecular complexity index is 785. The van der Waals surface area contributed by atoms with Crippen LogP contribution in [0.4, 0.5) is 0 Å². The Labute approximate surface area is 156 Å². The molecule has 7 heteroatoms. The molecule has 138 valence electrons. The number of aliphatic carboxylic acids is 1. The Balaban J connectivity index is 1.77. The fourth-order valence-corrected chi connectivity index (χ4v) is 3.76. The zero-order valence-electron chi connectivity index (χ0n) is 14.8. The summed E-state index contributed by atoms with van der Waals surface area (Å²) in [6.45, 7) is 5.32. The van der Waals surface area contributed by atoms with Gasteiger partial charge in [0.05, 0.1) is 25.7 Å². The number of morpholine rings is 1. The van der Waals surface area contributed by atoms with Crippen LogP contribution >= 0.6 is 11.3 Å². The topological polar surface area (TPSA) is 79.7 Å². The number of rotatable bonds is 5. The molecule has 26 heavy (non-hydrogen) atoms. The van der Waals surface area contributed by atoms with Gasteiger partial charge in [0.2, 0.25) is 0 Å². The maximum atomic E-state index is 12.8. The number of carbonyl (C=O) groups is 2. The molecule has 6 nitrogen and oxygen atoms in total. The summed E-state index contributed by atoms with van der Waals surface area (Å²) in [5.74, 6) is -0.715. The van der Waals surface area contributed by atoms with Crippen LogP contribution in [0.15, 0.2) is 29.6 Å². The first-order chi connectivity index (χ1) is 12.5. The average molecular weight is 374 g/mol. The van der Waals surface area contributed by atoms with Gasteiger partial charge in [-0.15, -0.1) is 11.3 Å². The largest absolute Gasteiger partial charge is 0.481 e. The minimum atomic E-state index is -0.942. The van der Waals surface area contributed by atoms with Crippen molar-refractivity contribution in [2.45, 2.75) is 32.2 Å². The zero-order chi connectivity index (χ0) is 18.7. The predicted octanol–water partition coefficient (Wildman–Crippen LogP) is 3.25. The number of hydrogen-bond donors (Lipinski definition) is 1. The molecule has 0 aliphatic carbocycles. The van der Waals surface area contributed by atoms with Crippen LogP contribution in [-0.2, 0) is 9.53 Å². The molecule has 2 aromatic rings. The van der Waals surface area contributed by atoms with E-state index in [2.05, 4.69) is 31.0 Å². The van der Waals surface area contributed by atoms with Gasteiger partial charge in [-0.2, -0.15) is 0 Å². The van der Waals surface area contributed by atoms with Gasteiger partial charge in [0.15, 0.2) is 0 Å². The van der Waals surface area contributed by atoms with Crippen LogP contribution < -0.4 is 0 Å². The molecule has 1 aliphatic rings. The van der Waals surface area contributed by atoms with Gasteiger partial charge >= 0.3 is 5.97 Å². The molecule has 1 aliphatic heterocycles. The van der Waals surface area contributed by atoms with E-state index in [4.69, 9.17) is 9.84 Å². The summed E-state index contributed by atoms with van der Waals surface area (Å²) in [6, 6.07) is 7.74. The second-order valence-electron chi connectivity index (χ2n) is 6.64. The van der Waals surface area contributed by atoms with Crippen LogP contribution in [0.25, 0.3) is 10.6 Å². The van der Waals surface area contributed by atoms with Gasteiger partial charge in [0, 0.05) is 17.5 Å². The molecule has 0 radical (unpaired) electrons. The second kappa shape index (κ2) is 7.97. The molecule has 0 spiro atoms. The summed E-state index contributed by atoms with van der Waals surface area (Å²) < 4.78 is 5.33. The summed E-state index contributed by atoms with van der Waals surface area (Å²) in [6.07, 6.45) is -0.126. The molecular weight excluding hydrogens is 352 g/mol. The second-order valence-corrected chi connectivity index (χ2v) is 7.50. The summed E-state index contributed by atoms with van der Waals surface area (Å²) in [4.78, 5) is 29.9. The van der Waals surface area contributed by atoms with Crippen LogP contribution in [0, 0.1) is 0 Å². The summed E-state index contributed by atoms with van der Waals surface area (Å²) in [5, 5.41) is 11.6. The molecule has 1 fully saturated rings. The predicted molar refractivity (Wildman–Crippen MR) is 99.5 cm³/mol. The number of aromatic nitrogens is 1. The van der Waals surface area contributed by atoms with Crippen LogP contribution in [-0.4, -0.2) is 52.7 Å². The Morgan fingerprint density at radius 1 is 1.35 bits per heavy atom.